The summed E-state index contributed by atoms with van der Waals surface area (Å²) in [6, 6.07) is 0.490. The average Bonchev–Trinajstić information content (AvgIpc) is 2.69. The number of rotatable bonds is 7. The molecule has 0 saturated carbocycles. The van der Waals surface area contributed by atoms with E-state index in [2.05, 4.69) is 31.4 Å². The Labute approximate surface area is 104 Å². The second-order valence-electron chi connectivity index (χ2n) is 5.39. The van der Waals surface area contributed by atoms with Crippen molar-refractivity contribution in [1.29, 1.82) is 0 Å². The Hall–Kier alpha value is -0.610. The van der Waals surface area contributed by atoms with E-state index in [0.717, 1.165) is 32.4 Å². The molecule has 1 aliphatic heterocycles. The molecular formula is C13H26N2O2. The van der Waals surface area contributed by atoms with Crippen molar-refractivity contribution in [3.05, 3.63) is 0 Å². The maximum atomic E-state index is 11.6. The van der Waals surface area contributed by atoms with Crippen molar-refractivity contribution < 1.29 is 9.53 Å². The monoisotopic (exact) mass is 242 g/mol. The lowest BCUT2D eigenvalue weighted by molar-refractivity contribution is -0.122. The molecule has 4 nitrogen and oxygen atoms in total. The molecule has 100 valence electrons. The van der Waals surface area contributed by atoms with Gasteiger partial charge in [-0.05, 0) is 32.7 Å². The van der Waals surface area contributed by atoms with Gasteiger partial charge in [0.15, 0.2) is 0 Å². The van der Waals surface area contributed by atoms with Crippen LogP contribution in [0.15, 0.2) is 0 Å². The highest BCUT2D eigenvalue weighted by molar-refractivity contribution is 5.75. The third-order valence-corrected chi connectivity index (χ3v) is 3.09. The summed E-state index contributed by atoms with van der Waals surface area (Å²) in [5.41, 5.74) is -0.133. The first-order chi connectivity index (χ1) is 8.02. The number of nitrogens with one attached hydrogen (secondary N) is 2. The number of hydrogen-bond donors (Lipinski definition) is 2. The van der Waals surface area contributed by atoms with Crippen LogP contribution in [-0.2, 0) is 9.53 Å². The molecule has 17 heavy (non-hydrogen) atoms. The van der Waals surface area contributed by atoms with Crippen LogP contribution in [0.3, 0.4) is 0 Å². The summed E-state index contributed by atoms with van der Waals surface area (Å²) in [6.45, 7) is 8.66. The number of ether oxygens (including phenoxy) is 1. The van der Waals surface area contributed by atoms with E-state index in [-0.39, 0.29) is 11.5 Å². The molecule has 0 aromatic heterocycles. The van der Waals surface area contributed by atoms with Crippen molar-refractivity contribution in [2.45, 2.75) is 58.1 Å². The summed E-state index contributed by atoms with van der Waals surface area (Å²) in [7, 11) is 0. The molecule has 1 aliphatic rings. The fourth-order valence-electron chi connectivity index (χ4n) is 1.99. The Balaban J connectivity index is 2.05. The van der Waals surface area contributed by atoms with Crippen LogP contribution in [0.25, 0.3) is 0 Å². The van der Waals surface area contributed by atoms with Crippen LogP contribution < -0.4 is 10.6 Å². The zero-order valence-electron chi connectivity index (χ0n) is 11.3. The van der Waals surface area contributed by atoms with Gasteiger partial charge in [0, 0.05) is 25.6 Å². The van der Waals surface area contributed by atoms with Gasteiger partial charge >= 0.3 is 0 Å². The summed E-state index contributed by atoms with van der Waals surface area (Å²) < 4.78 is 5.62. The first-order valence-electron chi connectivity index (χ1n) is 6.66. The van der Waals surface area contributed by atoms with E-state index in [1.807, 2.05) is 0 Å². The molecule has 0 aromatic carbocycles. The van der Waals surface area contributed by atoms with Gasteiger partial charge in [-0.25, -0.2) is 0 Å². The zero-order valence-corrected chi connectivity index (χ0v) is 11.3. The molecule has 4 heteroatoms. The molecular weight excluding hydrogens is 216 g/mol. The quantitative estimate of drug-likeness (QED) is 0.664. The smallest absolute Gasteiger partial charge is 0.220 e. The fraction of sp³-hybridized carbons (Fsp3) is 0.923. The minimum absolute atomic E-state index is 0.132. The highest BCUT2D eigenvalue weighted by Crippen LogP contribution is 2.23. The third kappa shape index (κ3) is 6.03. The lowest BCUT2D eigenvalue weighted by Crippen LogP contribution is -2.40. The van der Waals surface area contributed by atoms with Crippen LogP contribution in [0.5, 0.6) is 0 Å². The topological polar surface area (TPSA) is 50.4 Å². The van der Waals surface area contributed by atoms with E-state index in [1.54, 1.807) is 0 Å². The first kappa shape index (κ1) is 14.5. The third-order valence-electron chi connectivity index (χ3n) is 3.09. The summed E-state index contributed by atoms with van der Waals surface area (Å²) in [4.78, 5) is 11.6. The normalized spacial score (nSPS) is 24.2. The summed E-state index contributed by atoms with van der Waals surface area (Å²) in [5, 5.41) is 6.26. The second kappa shape index (κ2) is 6.97. The second-order valence-corrected chi connectivity index (χ2v) is 5.39. The Morgan fingerprint density at radius 1 is 1.47 bits per heavy atom. The molecule has 1 atom stereocenters. The highest BCUT2D eigenvalue weighted by Gasteiger charge is 2.29. The van der Waals surface area contributed by atoms with E-state index >= 15 is 0 Å². The van der Waals surface area contributed by atoms with Gasteiger partial charge in [-0.1, -0.05) is 13.8 Å². The maximum absolute atomic E-state index is 11.6. The SMILES string of the molecule is CC(C)NCCCC(=O)NCC1(C)CCCO1. The molecule has 1 heterocycles. The van der Waals surface area contributed by atoms with Gasteiger partial charge in [-0.2, -0.15) is 0 Å². The molecule has 0 radical (unpaired) electrons. The minimum atomic E-state index is -0.133. The predicted molar refractivity (Wildman–Crippen MR) is 69.0 cm³/mol. The predicted octanol–water partition coefficient (Wildman–Crippen LogP) is 1.45. The average molecular weight is 242 g/mol. The van der Waals surface area contributed by atoms with Gasteiger partial charge in [-0.3, -0.25) is 4.79 Å². The van der Waals surface area contributed by atoms with Crippen molar-refractivity contribution in [2.75, 3.05) is 19.7 Å². The fourth-order valence-corrected chi connectivity index (χ4v) is 1.99. The minimum Gasteiger partial charge on any atom is -0.373 e. The number of hydrogen-bond acceptors (Lipinski definition) is 3. The molecule has 1 fully saturated rings. The van der Waals surface area contributed by atoms with E-state index in [9.17, 15) is 4.79 Å². The lowest BCUT2D eigenvalue weighted by atomic mass is 10.0. The summed E-state index contributed by atoms with van der Waals surface area (Å²) >= 11 is 0. The molecule has 1 amide bonds. The summed E-state index contributed by atoms with van der Waals surface area (Å²) in [6.07, 6.45) is 3.63. The van der Waals surface area contributed by atoms with Crippen molar-refractivity contribution in [3.8, 4) is 0 Å². The molecule has 0 spiro atoms. The number of amides is 1. The van der Waals surface area contributed by atoms with E-state index < -0.39 is 0 Å². The van der Waals surface area contributed by atoms with Crippen LogP contribution in [0.4, 0.5) is 0 Å². The van der Waals surface area contributed by atoms with Crippen LogP contribution in [-0.4, -0.2) is 37.2 Å². The lowest BCUT2D eigenvalue weighted by Gasteiger charge is -2.23. The van der Waals surface area contributed by atoms with E-state index in [0.29, 0.717) is 19.0 Å². The molecule has 2 N–H and O–H groups in total. The molecule has 1 saturated heterocycles. The van der Waals surface area contributed by atoms with Gasteiger partial charge < -0.3 is 15.4 Å². The molecule has 0 aliphatic carbocycles. The molecule has 1 rings (SSSR count). The zero-order chi connectivity index (χ0) is 12.7. The van der Waals surface area contributed by atoms with Gasteiger partial charge in [0.25, 0.3) is 0 Å². The van der Waals surface area contributed by atoms with Crippen LogP contribution >= 0.6 is 0 Å². The van der Waals surface area contributed by atoms with Crippen molar-refractivity contribution in [1.82, 2.24) is 10.6 Å². The van der Waals surface area contributed by atoms with Crippen molar-refractivity contribution >= 4 is 5.91 Å². The summed E-state index contributed by atoms with van der Waals surface area (Å²) in [5.74, 6) is 0.132. The first-order valence-corrected chi connectivity index (χ1v) is 6.66. The standard InChI is InChI=1S/C13H26N2O2/c1-11(2)14-8-4-6-12(16)15-10-13(3)7-5-9-17-13/h11,14H,4-10H2,1-3H3,(H,15,16). The molecule has 1 unspecified atom stereocenters. The van der Waals surface area contributed by atoms with Crippen molar-refractivity contribution in [2.24, 2.45) is 0 Å². The van der Waals surface area contributed by atoms with Crippen LogP contribution in [0, 0.1) is 0 Å². The Bertz CT molecular complexity index is 236. The molecule has 0 aromatic rings. The van der Waals surface area contributed by atoms with Gasteiger partial charge in [0.1, 0.15) is 0 Å². The van der Waals surface area contributed by atoms with Crippen LogP contribution in [0.1, 0.15) is 46.5 Å². The molecule has 0 bridgehead atoms. The Morgan fingerprint density at radius 3 is 2.82 bits per heavy atom. The largest absolute Gasteiger partial charge is 0.373 e. The van der Waals surface area contributed by atoms with E-state index in [4.69, 9.17) is 4.74 Å². The van der Waals surface area contributed by atoms with Gasteiger partial charge in [-0.15, -0.1) is 0 Å². The van der Waals surface area contributed by atoms with Gasteiger partial charge in [0.2, 0.25) is 5.91 Å². The van der Waals surface area contributed by atoms with Gasteiger partial charge in [0.05, 0.1) is 5.60 Å². The Morgan fingerprint density at radius 2 is 2.24 bits per heavy atom. The van der Waals surface area contributed by atoms with E-state index in [1.165, 1.54) is 0 Å². The highest BCUT2D eigenvalue weighted by atomic mass is 16.5. The van der Waals surface area contributed by atoms with Crippen molar-refractivity contribution in [3.63, 3.8) is 0 Å². The maximum Gasteiger partial charge on any atom is 0.220 e. The van der Waals surface area contributed by atoms with Crippen LogP contribution in [0.2, 0.25) is 0 Å². The Kier molecular flexibility index (Phi) is 5.92. The number of carbonyl (C=O) groups excluding carboxylic acids is 1. The number of carbonyl (C=O) groups is 1.